The Morgan fingerprint density at radius 3 is 2.20 bits per heavy atom. The molecule has 0 aliphatic rings. The van der Waals surface area contributed by atoms with E-state index in [4.69, 9.17) is 0 Å². The van der Waals surface area contributed by atoms with Crippen LogP contribution in [0.3, 0.4) is 0 Å². The second-order valence-electron chi connectivity index (χ2n) is 6.45. The third-order valence-corrected chi connectivity index (χ3v) is 4.28. The van der Waals surface area contributed by atoms with Gasteiger partial charge in [0.15, 0.2) is 6.54 Å². The first-order valence-corrected chi connectivity index (χ1v) is 8.58. The lowest BCUT2D eigenvalue weighted by molar-refractivity contribution is -0.692. The number of rotatable bonds is 7. The van der Waals surface area contributed by atoms with Crippen LogP contribution in [0.15, 0.2) is 42.5 Å². The molecule has 3 nitrogen and oxygen atoms in total. The zero-order valence-electron chi connectivity index (χ0n) is 14.9. The van der Waals surface area contributed by atoms with Crippen molar-refractivity contribution >= 4 is 11.6 Å². The quantitative estimate of drug-likeness (QED) is 0.792. The van der Waals surface area contributed by atoms with Crippen LogP contribution in [0.4, 0.5) is 14.5 Å². The van der Waals surface area contributed by atoms with Gasteiger partial charge in [0.25, 0.3) is 5.91 Å². The van der Waals surface area contributed by atoms with Crippen LogP contribution in [0.25, 0.3) is 0 Å². The maximum Gasteiger partial charge on any atom is 0.279 e. The van der Waals surface area contributed by atoms with Crippen molar-refractivity contribution in [3.8, 4) is 0 Å². The van der Waals surface area contributed by atoms with Gasteiger partial charge in [0.05, 0.1) is 0 Å². The topological polar surface area (TPSA) is 45.7 Å². The molecule has 0 heterocycles. The lowest BCUT2D eigenvalue weighted by Crippen LogP contribution is -2.88. The minimum absolute atomic E-state index is 0.0894. The summed E-state index contributed by atoms with van der Waals surface area (Å²) in [6.45, 7) is 6.37. The highest BCUT2D eigenvalue weighted by molar-refractivity contribution is 5.91. The largest absolute Gasteiger partial charge is 0.332 e. The Hall–Kier alpha value is -2.27. The molecule has 0 saturated heterocycles. The molecule has 25 heavy (non-hydrogen) atoms. The zero-order chi connectivity index (χ0) is 18.4. The minimum Gasteiger partial charge on any atom is -0.332 e. The van der Waals surface area contributed by atoms with Gasteiger partial charge < -0.3 is 10.6 Å². The zero-order valence-corrected chi connectivity index (χ0v) is 14.9. The standard InChI is InChI=1S/C20H24F2N2O/c1-4-14-8-10-15(11-9-14)19(13(2)3)23-12-18(25)24-20-16(21)6-5-7-17(20)22/h5-11,13,19,23H,4,12H2,1-3H3,(H,24,25)/p+1/t19-/m0/s1. The summed E-state index contributed by atoms with van der Waals surface area (Å²) in [5.41, 5.74) is 2.00. The van der Waals surface area contributed by atoms with Crippen LogP contribution in [0.5, 0.6) is 0 Å². The Morgan fingerprint density at radius 1 is 1.08 bits per heavy atom. The summed E-state index contributed by atoms with van der Waals surface area (Å²) in [4.78, 5) is 12.1. The van der Waals surface area contributed by atoms with E-state index in [9.17, 15) is 13.6 Å². The smallest absolute Gasteiger partial charge is 0.279 e. The SMILES string of the molecule is CCc1ccc([C@@H]([NH2+]CC(=O)Nc2c(F)cccc2F)C(C)C)cc1. The number of hydrogen-bond acceptors (Lipinski definition) is 1. The number of benzene rings is 2. The number of hydrogen-bond donors (Lipinski definition) is 2. The van der Waals surface area contributed by atoms with Gasteiger partial charge in [-0.3, -0.25) is 4.79 Å². The summed E-state index contributed by atoms with van der Waals surface area (Å²) < 4.78 is 27.2. The number of carbonyl (C=O) groups is 1. The molecule has 2 aromatic rings. The van der Waals surface area contributed by atoms with E-state index in [2.05, 4.69) is 50.4 Å². The van der Waals surface area contributed by atoms with Crippen LogP contribution in [-0.2, 0) is 11.2 Å². The Morgan fingerprint density at radius 2 is 1.68 bits per heavy atom. The summed E-state index contributed by atoms with van der Waals surface area (Å²) in [6.07, 6.45) is 0.979. The molecular formula is C20H25F2N2O+. The van der Waals surface area contributed by atoms with Crippen molar-refractivity contribution in [2.75, 3.05) is 11.9 Å². The molecule has 1 atom stereocenters. The van der Waals surface area contributed by atoms with E-state index in [1.54, 1.807) is 0 Å². The monoisotopic (exact) mass is 347 g/mol. The Bertz CT molecular complexity index is 694. The van der Waals surface area contributed by atoms with Gasteiger partial charge in [-0.1, -0.05) is 51.1 Å². The number of anilines is 1. The fourth-order valence-corrected chi connectivity index (χ4v) is 2.81. The molecular weight excluding hydrogens is 322 g/mol. The average molecular weight is 347 g/mol. The van der Waals surface area contributed by atoms with E-state index < -0.39 is 23.2 Å². The molecule has 1 amide bonds. The predicted molar refractivity (Wildman–Crippen MR) is 95.2 cm³/mol. The lowest BCUT2D eigenvalue weighted by Gasteiger charge is -2.20. The van der Waals surface area contributed by atoms with E-state index >= 15 is 0 Å². The highest BCUT2D eigenvalue weighted by Gasteiger charge is 2.21. The van der Waals surface area contributed by atoms with E-state index in [0.717, 1.165) is 24.1 Å². The van der Waals surface area contributed by atoms with Crippen molar-refractivity contribution in [1.29, 1.82) is 0 Å². The van der Waals surface area contributed by atoms with Crippen molar-refractivity contribution in [3.05, 3.63) is 65.2 Å². The van der Waals surface area contributed by atoms with Crippen LogP contribution >= 0.6 is 0 Å². The van der Waals surface area contributed by atoms with E-state index in [1.807, 2.05) is 5.32 Å². The molecule has 0 bridgehead atoms. The molecule has 2 aromatic carbocycles. The van der Waals surface area contributed by atoms with Gasteiger partial charge in [0.2, 0.25) is 0 Å². The summed E-state index contributed by atoms with van der Waals surface area (Å²) in [7, 11) is 0. The van der Waals surface area contributed by atoms with Crippen LogP contribution in [0.2, 0.25) is 0 Å². The van der Waals surface area contributed by atoms with Gasteiger partial charge in [0, 0.05) is 11.5 Å². The van der Waals surface area contributed by atoms with Gasteiger partial charge in [-0.15, -0.1) is 0 Å². The molecule has 0 fully saturated rings. The number of nitrogens with two attached hydrogens (primary N) is 1. The predicted octanol–water partition coefficient (Wildman–Crippen LogP) is 3.43. The molecule has 0 aliphatic carbocycles. The normalized spacial score (nSPS) is 12.2. The third kappa shape index (κ3) is 5.10. The van der Waals surface area contributed by atoms with E-state index in [0.29, 0.717) is 5.92 Å². The summed E-state index contributed by atoms with van der Waals surface area (Å²) in [6, 6.07) is 11.9. The number of amides is 1. The van der Waals surface area contributed by atoms with Gasteiger partial charge >= 0.3 is 0 Å². The molecule has 3 N–H and O–H groups in total. The van der Waals surface area contributed by atoms with Crippen molar-refractivity contribution < 1.29 is 18.9 Å². The Balaban J connectivity index is 2.01. The maximum atomic E-state index is 13.6. The van der Waals surface area contributed by atoms with Crippen LogP contribution in [0.1, 0.15) is 37.9 Å². The fraction of sp³-hybridized carbons (Fsp3) is 0.350. The number of para-hydroxylation sites is 1. The second kappa shape index (κ2) is 8.72. The molecule has 134 valence electrons. The first kappa shape index (κ1) is 19.1. The number of carbonyl (C=O) groups excluding carboxylic acids is 1. The molecule has 5 heteroatoms. The number of halogens is 2. The molecule has 2 rings (SSSR count). The Kier molecular flexibility index (Phi) is 6.65. The van der Waals surface area contributed by atoms with Crippen LogP contribution < -0.4 is 10.6 Å². The third-order valence-electron chi connectivity index (χ3n) is 4.28. The molecule has 0 unspecified atom stereocenters. The van der Waals surface area contributed by atoms with Crippen LogP contribution in [-0.4, -0.2) is 12.5 Å². The number of aryl methyl sites for hydroxylation is 1. The summed E-state index contributed by atoms with van der Waals surface area (Å²) in [5.74, 6) is -1.67. The van der Waals surface area contributed by atoms with Crippen molar-refractivity contribution in [2.45, 2.75) is 33.2 Å². The molecule has 0 radical (unpaired) electrons. The fourth-order valence-electron chi connectivity index (χ4n) is 2.81. The summed E-state index contributed by atoms with van der Waals surface area (Å²) >= 11 is 0. The first-order chi connectivity index (χ1) is 11.9. The molecule has 0 aliphatic heterocycles. The van der Waals surface area contributed by atoms with Gasteiger partial charge in [0.1, 0.15) is 23.4 Å². The first-order valence-electron chi connectivity index (χ1n) is 8.58. The van der Waals surface area contributed by atoms with Crippen molar-refractivity contribution in [3.63, 3.8) is 0 Å². The maximum absolute atomic E-state index is 13.6. The van der Waals surface area contributed by atoms with Gasteiger partial charge in [-0.2, -0.15) is 0 Å². The molecule has 0 saturated carbocycles. The van der Waals surface area contributed by atoms with Crippen molar-refractivity contribution in [2.24, 2.45) is 5.92 Å². The van der Waals surface area contributed by atoms with Gasteiger partial charge in [-0.05, 0) is 24.1 Å². The average Bonchev–Trinajstić information content (AvgIpc) is 2.59. The van der Waals surface area contributed by atoms with Crippen LogP contribution in [0, 0.1) is 17.6 Å². The van der Waals surface area contributed by atoms with Crippen molar-refractivity contribution in [1.82, 2.24) is 0 Å². The van der Waals surface area contributed by atoms with E-state index in [-0.39, 0.29) is 12.6 Å². The number of quaternary nitrogens is 1. The highest BCUT2D eigenvalue weighted by Crippen LogP contribution is 2.19. The lowest BCUT2D eigenvalue weighted by atomic mass is 9.95. The van der Waals surface area contributed by atoms with E-state index in [1.165, 1.54) is 11.6 Å². The molecule has 0 aromatic heterocycles. The minimum atomic E-state index is -0.774. The Labute approximate surface area is 147 Å². The second-order valence-corrected chi connectivity index (χ2v) is 6.45. The summed E-state index contributed by atoms with van der Waals surface area (Å²) in [5, 5.41) is 4.22. The number of nitrogens with one attached hydrogen (secondary N) is 1. The molecule has 0 spiro atoms. The highest BCUT2D eigenvalue weighted by atomic mass is 19.1. The van der Waals surface area contributed by atoms with Gasteiger partial charge in [-0.25, -0.2) is 8.78 Å².